The zero-order valence-electron chi connectivity index (χ0n) is 17.1. The zero-order valence-corrected chi connectivity index (χ0v) is 18.7. The van der Waals surface area contributed by atoms with Crippen LogP contribution < -0.4 is 20.6 Å². The molecule has 0 bridgehead atoms. The molecule has 0 atom stereocenters. The van der Waals surface area contributed by atoms with Gasteiger partial charge in [0.05, 0.1) is 5.69 Å². The van der Waals surface area contributed by atoms with Crippen LogP contribution in [0, 0.1) is 0 Å². The molecule has 0 unspecified atom stereocenters. The van der Waals surface area contributed by atoms with Crippen LogP contribution in [-0.4, -0.2) is 38.0 Å². The molecular formula is C21H28N4O3S2. The molecule has 0 saturated carbocycles. The molecule has 1 aliphatic rings. The highest BCUT2D eigenvalue weighted by molar-refractivity contribution is 7.89. The molecule has 1 aliphatic heterocycles. The van der Waals surface area contributed by atoms with Gasteiger partial charge in [-0.25, -0.2) is 19.0 Å². The number of thiocarbonyl (C=S) groups is 1. The minimum atomic E-state index is -4.06. The van der Waals surface area contributed by atoms with E-state index in [1.54, 1.807) is 12.1 Å². The number of ether oxygens (including phenoxy) is 1. The van der Waals surface area contributed by atoms with Gasteiger partial charge in [-0.2, -0.15) is 0 Å². The number of rotatable bonds is 8. The number of hydrogen-bond acceptors (Lipinski definition) is 6. The van der Waals surface area contributed by atoms with Crippen LogP contribution in [0.1, 0.15) is 38.2 Å². The first-order valence-electron chi connectivity index (χ1n) is 10.1. The van der Waals surface area contributed by atoms with Crippen LogP contribution in [0.15, 0.2) is 47.4 Å². The highest BCUT2D eigenvalue weighted by Crippen LogP contribution is 2.37. The van der Waals surface area contributed by atoms with Crippen molar-refractivity contribution in [2.24, 2.45) is 5.14 Å². The molecule has 0 spiro atoms. The molecule has 1 fully saturated rings. The third-order valence-corrected chi connectivity index (χ3v) is 6.15. The van der Waals surface area contributed by atoms with Crippen molar-refractivity contribution in [2.75, 3.05) is 25.0 Å². The number of primary sulfonamides is 1. The van der Waals surface area contributed by atoms with Crippen molar-refractivity contribution >= 4 is 32.9 Å². The predicted molar refractivity (Wildman–Crippen MR) is 123 cm³/mol. The van der Waals surface area contributed by atoms with Gasteiger partial charge in [-0.1, -0.05) is 43.8 Å². The summed E-state index contributed by atoms with van der Waals surface area (Å²) in [6.07, 6.45) is 4.03. The predicted octanol–water partition coefficient (Wildman–Crippen LogP) is 3.61. The lowest BCUT2D eigenvalue weighted by atomic mass is 10.1. The van der Waals surface area contributed by atoms with Crippen molar-refractivity contribution in [1.82, 2.24) is 10.4 Å². The van der Waals surface area contributed by atoms with Crippen molar-refractivity contribution in [2.45, 2.75) is 37.5 Å². The molecule has 3 rings (SSSR count). The number of unbranched alkanes of at least 4 members (excludes halogenated alkanes) is 1. The van der Waals surface area contributed by atoms with Crippen LogP contribution in [0.2, 0.25) is 0 Å². The van der Waals surface area contributed by atoms with E-state index >= 15 is 0 Å². The lowest BCUT2D eigenvalue weighted by Gasteiger charge is -2.30. The molecule has 0 radical (unpaired) electrons. The lowest BCUT2D eigenvalue weighted by Crippen LogP contribution is -2.46. The number of anilines is 1. The van der Waals surface area contributed by atoms with Crippen molar-refractivity contribution in [3.63, 3.8) is 0 Å². The fraction of sp³-hybridized carbons (Fsp3) is 0.381. The number of nitrogens with zero attached hydrogens (tertiary/aromatic N) is 1. The van der Waals surface area contributed by atoms with Gasteiger partial charge in [-0.3, -0.25) is 5.01 Å². The largest absolute Gasteiger partial charge is 0.454 e. The Bertz CT molecular complexity index is 975. The average Bonchev–Trinajstić information content (AvgIpc) is 2.75. The summed E-state index contributed by atoms with van der Waals surface area (Å²) in [6.45, 7) is 4.36. The van der Waals surface area contributed by atoms with Gasteiger partial charge in [0, 0.05) is 25.2 Å². The molecule has 7 nitrogen and oxygen atoms in total. The highest BCUT2D eigenvalue weighted by atomic mass is 32.2. The minimum Gasteiger partial charge on any atom is -0.454 e. The lowest BCUT2D eigenvalue weighted by molar-refractivity contribution is 0.262. The SMILES string of the molecule is CCCCNc1cc(C(=S)N2CCCCN2)cc(S(N)(=O)=O)c1Oc1ccccc1. The summed E-state index contributed by atoms with van der Waals surface area (Å²) in [4.78, 5) is 0.437. The smallest absolute Gasteiger partial charge is 0.241 e. The van der Waals surface area contributed by atoms with Gasteiger partial charge in [0.2, 0.25) is 10.0 Å². The Morgan fingerprint density at radius 3 is 2.67 bits per heavy atom. The Morgan fingerprint density at radius 1 is 1.27 bits per heavy atom. The van der Waals surface area contributed by atoms with Gasteiger partial charge < -0.3 is 10.1 Å². The van der Waals surface area contributed by atoms with E-state index in [-0.39, 0.29) is 10.6 Å². The summed E-state index contributed by atoms with van der Waals surface area (Å²) in [5.74, 6) is 0.701. The molecule has 4 N–H and O–H groups in total. The van der Waals surface area contributed by atoms with E-state index in [4.69, 9.17) is 22.1 Å². The first-order valence-corrected chi connectivity index (χ1v) is 12.1. The van der Waals surface area contributed by atoms with Gasteiger partial charge in [-0.15, -0.1) is 0 Å². The van der Waals surface area contributed by atoms with Crippen molar-refractivity contribution in [3.8, 4) is 11.5 Å². The van der Waals surface area contributed by atoms with E-state index < -0.39 is 10.0 Å². The summed E-state index contributed by atoms with van der Waals surface area (Å²) >= 11 is 5.65. The first-order chi connectivity index (χ1) is 14.4. The van der Waals surface area contributed by atoms with Gasteiger partial charge in [-0.05, 0) is 43.5 Å². The number of hydrazine groups is 1. The van der Waals surface area contributed by atoms with E-state index in [9.17, 15) is 8.42 Å². The third kappa shape index (κ3) is 5.69. The van der Waals surface area contributed by atoms with Crippen molar-refractivity contribution in [3.05, 3.63) is 48.0 Å². The summed E-state index contributed by atoms with van der Waals surface area (Å²) in [5, 5.41) is 10.8. The standard InChI is InChI=1S/C21H28N4O3S2/c1-2-3-11-23-18-14-16(21(29)25-13-8-7-12-24-25)15-19(30(22,26)27)20(18)28-17-9-5-4-6-10-17/h4-6,9-10,14-15,23-24H,2-3,7-8,11-13H2,1H3,(H2,22,26,27). The summed E-state index contributed by atoms with van der Waals surface area (Å²) in [6, 6.07) is 12.4. The fourth-order valence-corrected chi connectivity index (χ4v) is 4.17. The van der Waals surface area contributed by atoms with Gasteiger partial charge >= 0.3 is 0 Å². The first kappa shape index (κ1) is 22.5. The van der Waals surface area contributed by atoms with Crippen LogP contribution >= 0.6 is 12.2 Å². The van der Waals surface area contributed by atoms with Crippen molar-refractivity contribution < 1.29 is 13.2 Å². The molecule has 2 aromatic rings. The van der Waals surface area contributed by atoms with Crippen LogP contribution in [0.5, 0.6) is 11.5 Å². The van der Waals surface area contributed by atoms with Crippen LogP contribution in [0.4, 0.5) is 5.69 Å². The van der Waals surface area contributed by atoms with E-state index in [0.717, 1.165) is 38.8 Å². The Kier molecular flexibility index (Phi) is 7.65. The maximum absolute atomic E-state index is 12.5. The molecule has 0 amide bonds. The summed E-state index contributed by atoms with van der Waals surface area (Å²) < 4.78 is 30.9. The van der Waals surface area contributed by atoms with Crippen LogP contribution in [0.3, 0.4) is 0 Å². The number of nitrogens with one attached hydrogen (secondary N) is 2. The molecular weight excluding hydrogens is 420 g/mol. The molecule has 162 valence electrons. The fourth-order valence-electron chi connectivity index (χ4n) is 3.20. The second-order valence-electron chi connectivity index (χ2n) is 7.16. The summed E-state index contributed by atoms with van der Waals surface area (Å²) in [7, 11) is -4.06. The Hall–Kier alpha value is -2.20. The molecule has 1 saturated heterocycles. The van der Waals surface area contributed by atoms with Gasteiger partial charge in [0.1, 0.15) is 15.6 Å². The number of sulfonamides is 1. The third-order valence-electron chi connectivity index (χ3n) is 4.77. The number of para-hydroxylation sites is 1. The highest BCUT2D eigenvalue weighted by Gasteiger charge is 2.24. The molecule has 30 heavy (non-hydrogen) atoms. The molecule has 1 heterocycles. The second-order valence-corrected chi connectivity index (χ2v) is 9.08. The second kappa shape index (κ2) is 10.2. The Morgan fingerprint density at radius 2 is 2.03 bits per heavy atom. The number of benzene rings is 2. The van der Waals surface area contributed by atoms with Gasteiger partial charge in [0.15, 0.2) is 5.75 Å². The molecule has 9 heteroatoms. The Labute approximate surface area is 183 Å². The van der Waals surface area contributed by atoms with Crippen LogP contribution in [-0.2, 0) is 10.0 Å². The number of nitrogens with two attached hydrogens (primary N) is 1. The Balaban J connectivity index is 2.07. The molecule has 0 aliphatic carbocycles. The van der Waals surface area contributed by atoms with E-state index in [1.165, 1.54) is 6.07 Å². The van der Waals surface area contributed by atoms with Crippen LogP contribution in [0.25, 0.3) is 0 Å². The minimum absolute atomic E-state index is 0.0952. The van der Waals surface area contributed by atoms with E-state index in [1.807, 2.05) is 29.3 Å². The maximum atomic E-state index is 12.5. The van der Waals surface area contributed by atoms with Gasteiger partial charge in [0.25, 0.3) is 0 Å². The molecule has 2 aromatic carbocycles. The maximum Gasteiger partial charge on any atom is 0.241 e. The average molecular weight is 449 g/mol. The number of hydrogen-bond donors (Lipinski definition) is 3. The molecule has 0 aromatic heterocycles. The summed E-state index contributed by atoms with van der Waals surface area (Å²) in [5.41, 5.74) is 4.41. The topological polar surface area (TPSA) is 96.7 Å². The van der Waals surface area contributed by atoms with E-state index in [2.05, 4.69) is 17.7 Å². The van der Waals surface area contributed by atoms with Crippen molar-refractivity contribution in [1.29, 1.82) is 0 Å². The zero-order chi connectivity index (χ0) is 21.6. The quantitative estimate of drug-likeness (QED) is 0.419. The normalized spacial score (nSPS) is 14.4. The van der Waals surface area contributed by atoms with E-state index in [0.29, 0.717) is 28.5 Å². The monoisotopic (exact) mass is 448 g/mol.